The molecule has 0 aliphatic heterocycles. The van der Waals surface area contributed by atoms with Crippen LogP contribution in [0.15, 0.2) is 23.1 Å². The Balaban J connectivity index is 1.86. The summed E-state index contributed by atoms with van der Waals surface area (Å²) in [6.45, 7) is 8.95. The molecule has 0 aromatic heterocycles. The van der Waals surface area contributed by atoms with Gasteiger partial charge in [-0.3, -0.25) is 9.59 Å². The summed E-state index contributed by atoms with van der Waals surface area (Å²) in [5.41, 5.74) is 1.82. The van der Waals surface area contributed by atoms with Crippen LogP contribution in [-0.4, -0.2) is 39.0 Å². The summed E-state index contributed by atoms with van der Waals surface area (Å²) in [5, 5.41) is 2.96. The zero-order chi connectivity index (χ0) is 21.8. The van der Waals surface area contributed by atoms with E-state index >= 15 is 0 Å². The van der Waals surface area contributed by atoms with Gasteiger partial charge in [0.1, 0.15) is 6.54 Å². The standard InChI is InChI=1S/C21H32N2O5S/c1-13-9-10-18(11-15(13)3)29(26,27)22-12-20(24)28-17(5)21(25)23-19-8-6-7-14(2)16(19)4/h9-11,14,16-17,19,22H,6-8,12H2,1-5H3,(H,23,25)/t14-,16+,17+,19+/m0/s1. The summed E-state index contributed by atoms with van der Waals surface area (Å²) in [6, 6.07) is 4.81. The van der Waals surface area contributed by atoms with Gasteiger partial charge in [0, 0.05) is 6.04 Å². The van der Waals surface area contributed by atoms with Crippen LogP contribution in [-0.2, 0) is 24.3 Å². The first-order chi connectivity index (χ1) is 13.5. The maximum Gasteiger partial charge on any atom is 0.321 e. The molecule has 29 heavy (non-hydrogen) atoms. The number of rotatable bonds is 7. The monoisotopic (exact) mass is 424 g/mol. The molecule has 0 radical (unpaired) electrons. The fourth-order valence-corrected chi connectivity index (χ4v) is 4.55. The van der Waals surface area contributed by atoms with E-state index in [0.29, 0.717) is 11.8 Å². The molecule has 1 aliphatic rings. The van der Waals surface area contributed by atoms with Crippen LogP contribution in [0.2, 0.25) is 0 Å². The van der Waals surface area contributed by atoms with Crippen molar-refractivity contribution >= 4 is 21.9 Å². The van der Waals surface area contributed by atoms with Crippen molar-refractivity contribution in [1.29, 1.82) is 0 Å². The lowest BCUT2D eigenvalue weighted by molar-refractivity contribution is -0.154. The molecule has 0 saturated heterocycles. The Bertz CT molecular complexity index is 853. The van der Waals surface area contributed by atoms with Crippen molar-refractivity contribution in [1.82, 2.24) is 10.0 Å². The fraction of sp³-hybridized carbons (Fsp3) is 0.619. The van der Waals surface area contributed by atoms with Gasteiger partial charge in [0.25, 0.3) is 5.91 Å². The Labute approximate surface area is 173 Å². The van der Waals surface area contributed by atoms with E-state index in [1.807, 2.05) is 13.8 Å². The lowest BCUT2D eigenvalue weighted by Crippen LogP contribution is -2.48. The Kier molecular flexibility index (Phi) is 7.82. The third kappa shape index (κ3) is 6.27. The second-order valence-corrected chi connectivity index (χ2v) is 9.85. The fourth-order valence-electron chi connectivity index (χ4n) is 3.50. The van der Waals surface area contributed by atoms with E-state index in [-0.39, 0.29) is 16.8 Å². The SMILES string of the molecule is Cc1ccc(S(=O)(=O)NCC(=O)O[C@H](C)C(=O)N[C@@H]2CCC[C@H](C)[C@H]2C)cc1C. The lowest BCUT2D eigenvalue weighted by Gasteiger charge is -2.35. The predicted octanol–water partition coefficient (Wildman–Crippen LogP) is 2.45. The van der Waals surface area contributed by atoms with Crippen molar-refractivity contribution < 1.29 is 22.7 Å². The minimum atomic E-state index is -3.84. The number of aryl methyl sites for hydroxylation is 2. The van der Waals surface area contributed by atoms with Crippen molar-refractivity contribution in [3.8, 4) is 0 Å². The van der Waals surface area contributed by atoms with Crippen molar-refractivity contribution in [2.75, 3.05) is 6.54 Å². The van der Waals surface area contributed by atoms with Crippen molar-refractivity contribution in [3.63, 3.8) is 0 Å². The molecule has 1 amide bonds. The highest BCUT2D eigenvalue weighted by Gasteiger charge is 2.30. The molecule has 7 nitrogen and oxygen atoms in total. The van der Waals surface area contributed by atoms with Gasteiger partial charge in [-0.25, -0.2) is 8.42 Å². The molecule has 1 aromatic rings. The summed E-state index contributed by atoms with van der Waals surface area (Å²) in [7, 11) is -3.84. The van der Waals surface area contributed by atoms with Crippen LogP contribution in [0.5, 0.6) is 0 Å². The van der Waals surface area contributed by atoms with Crippen LogP contribution < -0.4 is 10.0 Å². The molecule has 1 aliphatic carbocycles. The quantitative estimate of drug-likeness (QED) is 0.655. The number of esters is 1. The van der Waals surface area contributed by atoms with E-state index in [1.54, 1.807) is 12.1 Å². The summed E-state index contributed by atoms with van der Waals surface area (Å²) in [4.78, 5) is 24.5. The van der Waals surface area contributed by atoms with Crippen molar-refractivity contribution in [2.45, 2.75) is 70.9 Å². The molecule has 0 heterocycles. The molecule has 1 aromatic carbocycles. The van der Waals surface area contributed by atoms with Gasteiger partial charge >= 0.3 is 5.97 Å². The largest absolute Gasteiger partial charge is 0.452 e. The molecular formula is C21H32N2O5S. The summed E-state index contributed by atoms with van der Waals surface area (Å²) in [5.74, 6) is -0.265. The molecular weight excluding hydrogens is 392 g/mol. The molecule has 0 spiro atoms. The van der Waals surface area contributed by atoms with E-state index in [4.69, 9.17) is 4.74 Å². The van der Waals surface area contributed by atoms with Gasteiger partial charge in [0.15, 0.2) is 6.10 Å². The molecule has 0 unspecified atom stereocenters. The maximum absolute atomic E-state index is 12.4. The first-order valence-electron chi connectivity index (χ1n) is 10.1. The third-order valence-corrected chi connectivity index (χ3v) is 7.31. The second-order valence-electron chi connectivity index (χ2n) is 8.09. The highest BCUT2D eigenvalue weighted by Crippen LogP contribution is 2.29. The van der Waals surface area contributed by atoms with Gasteiger partial charge in [-0.2, -0.15) is 4.72 Å². The Morgan fingerprint density at radius 3 is 2.52 bits per heavy atom. The van der Waals surface area contributed by atoms with Gasteiger partial charge in [-0.1, -0.05) is 32.8 Å². The topological polar surface area (TPSA) is 102 Å². The van der Waals surface area contributed by atoms with E-state index in [0.717, 1.165) is 30.4 Å². The normalized spacial score (nSPS) is 23.3. The van der Waals surface area contributed by atoms with Crippen LogP contribution >= 0.6 is 0 Å². The molecule has 2 N–H and O–H groups in total. The van der Waals surface area contributed by atoms with E-state index < -0.39 is 28.6 Å². The average molecular weight is 425 g/mol. The molecule has 2 rings (SSSR count). The van der Waals surface area contributed by atoms with Crippen molar-refractivity contribution in [2.24, 2.45) is 11.8 Å². The van der Waals surface area contributed by atoms with Crippen LogP contribution in [0.25, 0.3) is 0 Å². The van der Waals surface area contributed by atoms with Gasteiger partial charge < -0.3 is 10.1 Å². The molecule has 1 fully saturated rings. The van der Waals surface area contributed by atoms with Crippen LogP contribution in [0, 0.1) is 25.7 Å². The van der Waals surface area contributed by atoms with E-state index in [9.17, 15) is 18.0 Å². The zero-order valence-corrected chi connectivity index (χ0v) is 18.6. The number of carbonyl (C=O) groups is 2. The van der Waals surface area contributed by atoms with E-state index in [1.165, 1.54) is 13.0 Å². The van der Waals surface area contributed by atoms with Gasteiger partial charge in [-0.15, -0.1) is 0 Å². The van der Waals surface area contributed by atoms with Gasteiger partial charge in [0.05, 0.1) is 4.90 Å². The molecule has 0 bridgehead atoms. The minimum absolute atomic E-state index is 0.0654. The Hall–Kier alpha value is -1.93. The molecule has 1 saturated carbocycles. The molecule has 162 valence electrons. The number of hydrogen-bond donors (Lipinski definition) is 2. The minimum Gasteiger partial charge on any atom is -0.452 e. The predicted molar refractivity (Wildman–Crippen MR) is 111 cm³/mol. The van der Waals surface area contributed by atoms with Gasteiger partial charge in [-0.05, 0) is 62.3 Å². The Morgan fingerprint density at radius 2 is 1.86 bits per heavy atom. The number of hydrogen-bond acceptors (Lipinski definition) is 5. The van der Waals surface area contributed by atoms with E-state index in [2.05, 4.69) is 23.9 Å². The maximum atomic E-state index is 12.4. The number of ether oxygens (including phenoxy) is 1. The molecule has 8 heteroatoms. The summed E-state index contributed by atoms with van der Waals surface area (Å²) in [6.07, 6.45) is 2.13. The smallest absolute Gasteiger partial charge is 0.321 e. The average Bonchev–Trinajstić information content (AvgIpc) is 2.66. The van der Waals surface area contributed by atoms with Crippen LogP contribution in [0.1, 0.15) is 51.2 Å². The number of amides is 1. The first-order valence-corrected chi connectivity index (χ1v) is 11.6. The summed E-state index contributed by atoms with van der Waals surface area (Å²) < 4.78 is 32.0. The van der Waals surface area contributed by atoms with Crippen LogP contribution in [0.3, 0.4) is 0 Å². The Morgan fingerprint density at radius 1 is 1.17 bits per heavy atom. The summed E-state index contributed by atoms with van der Waals surface area (Å²) >= 11 is 0. The first kappa shape index (κ1) is 23.3. The number of carbonyl (C=O) groups excluding carboxylic acids is 2. The third-order valence-electron chi connectivity index (χ3n) is 5.91. The molecule has 4 atom stereocenters. The van der Waals surface area contributed by atoms with Gasteiger partial charge in [0.2, 0.25) is 10.0 Å². The number of nitrogens with one attached hydrogen (secondary N) is 2. The second kappa shape index (κ2) is 9.71. The highest BCUT2D eigenvalue weighted by molar-refractivity contribution is 7.89. The lowest BCUT2D eigenvalue weighted by atomic mass is 9.78. The van der Waals surface area contributed by atoms with Crippen LogP contribution in [0.4, 0.5) is 0 Å². The van der Waals surface area contributed by atoms with Crippen molar-refractivity contribution in [3.05, 3.63) is 29.3 Å². The zero-order valence-electron chi connectivity index (χ0n) is 17.8. The number of sulfonamides is 1. The number of benzene rings is 1. The highest BCUT2D eigenvalue weighted by atomic mass is 32.2.